The lowest BCUT2D eigenvalue weighted by atomic mass is 10.1. The van der Waals surface area contributed by atoms with E-state index in [2.05, 4.69) is 0 Å². The lowest BCUT2D eigenvalue weighted by Gasteiger charge is -2.14. The molecule has 1 aliphatic heterocycles. The number of amides is 2. The number of imide groups is 1. The van der Waals surface area contributed by atoms with Crippen LogP contribution in [-0.2, 0) is 11.0 Å². The number of nitrogens with zero attached hydrogens (tertiary/aromatic N) is 1. The Hall–Kier alpha value is -5.45. The van der Waals surface area contributed by atoms with Crippen molar-refractivity contribution >= 4 is 39.5 Å². The van der Waals surface area contributed by atoms with E-state index >= 15 is 0 Å². The molecule has 0 unspecified atom stereocenters. The third kappa shape index (κ3) is 4.85. The zero-order valence-electron chi connectivity index (χ0n) is 21.4. The normalized spacial score (nSPS) is 13.1. The van der Waals surface area contributed by atoms with Gasteiger partial charge in [0, 0.05) is 12.6 Å². The molecule has 0 N–H and O–H groups in total. The highest BCUT2D eigenvalue weighted by atomic mass is 19.4. The summed E-state index contributed by atoms with van der Waals surface area (Å²) < 4.78 is 57.6. The molecule has 1 aromatic heterocycles. The number of halogens is 3. The van der Waals surface area contributed by atoms with Crippen LogP contribution in [0, 0.1) is 0 Å². The summed E-state index contributed by atoms with van der Waals surface area (Å²) in [5.41, 5.74) is -1.10. The molecule has 0 spiro atoms. The van der Waals surface area contributed by atoms with Crippen molar-refractivity contribution in [2.24, 2.45) is 0 Å². The number of carbonyl (C=O) groups is 3. The molecule has 1 aliphatic rings. The largest absolute Gasteiger partial charge is 0.453 e. The zero-order chi connectivity index (χ0) is 29.6. The van der Waals surface area contributed by atoms with Gasteiger partial charge in [0.15, 0.2) is 0 Å². The summed E-state index contributed by atoms with van der Waals surface area (Å²) in [6.07, 6.45) is -5.46. The molecule has 0 fully saturated rings. The first-order valence-electron chi connectivity index (χ1n) is 12.6. The molecule has 8 nitrogen and oxygen atoms in total. The molecular weight excluding hydrogens is 555 g/mol. The van der Waals surface area contributed by atoms with Crippen LogP contribution in [0.3, 0.4) is 0 Å². The van der Waals surface area contributed by atoms with Gasteiger partial charge in [-0.1, -0.05) is 42.5 Å². The summed E-state index contributed by atoms with van der Waals surface area (Å²) in [5.74, 6) is -4.82. The van der Waals surface area contributed by atoms with Gasteiger partial charge in [0.05, 0.1) is 22.9 Å². The molecular formula is C31H18F3NO7. The first kappa shape index (κ1) is 26.8. The fourth-order valence-corrected chi connectivity index (χ4v) is 4.68. The fourth-order valence-electron chi connectivity index (χ4n) is 4.68. The monoisotopic (exact) mass is 573 g/mol. The Kier molecular flexibility index (Phi) is 6.49. The molecule has 4 aromatic carbocycles. The summed E-state index contributed by atoms with van der Waals surface area (Å²) in [7, 11) is 0. The predicted octanol–water partition coefficient (Wildman–Crippen LogP) is 6.35. The Bertz CT molecular complexity index is 1950. The van der Waals surface area contributed by atoms with Crippen molar-refractivity contribution in [3.05, 3.63) is 112 Å². The van der Waals surface area contributed by atoms with Crippen LogP contribution in [0.15, 0.2) is 94.1 Å². The molecule has 0 saturated heterocycles. The summed E-state index contributed by atoms with van der Waals surface area (Å²) in [5, 5.41) is 1.30. The second kappa shape index (κ2) is 10.2. The molecule has 210 valence electrons. The fraction of sp³-hybridized carbons (Fsp3) is 0.0968. The lowest BCUT2D eigenvalue weighted by molar-refractivity contribution is -0.154. The van der Waals surface area contributed by atoms with Gasteiger partial charge in [-0.2, -0.15) is 13.2 Å². The van der Waals surface area contributed by atoms with Gasteiger partial charge in [-0.05, 0) is 47.2 Å². The van der Waals surface area contributed by atoms with Crippen LogP contribution in [0.4, 0.5) is 13.2 Å². The number of hydrogen-bond acceptors (Lipinski definition) is 7. The van der Waals surface area contributed by atoms with Gasteiger partial charge in [-0.3, -0.25) is 24.1 Å². The van der Waals surface area contributed by atoms with Crippen LogP contribution in [-0.4, -0.2) is 29.2 Å². The number of rotatable bonds is 6. The number of esters is 1. The maximum absolute atomic E-state index is 14.0. The van der Waals surface area contributed by atoms with E-state index in [9.17, 15) is 32.3 Å². The van der Waals surface area contributed by atoms with Crippen molar-refractivity contribution in [1.29, 1.82) is 0 Å². The van der Waals surface area contributed by atoms with Crippen LogP contribution in [0.5, 0.6) is 17.2 Å². The van der Waals surface area contributed by atoms with Crippen molar-refractivity contribution in [2.75, 3.05) is 6.54 Å². The maximum atomic E-state index is 14.0. The number of ether oxygens (including phenoxy) is 2. The highest BCUT2D eigenvalue weighted by Gasteiger charge is 2.41. The topological polar surface area (TPSA) is 103 Å². The number of carbonyl (C=O) groups excluding carboxylic acids is 3. The van der Waals surface area contributed by atoms with E-state index in [1.165, 1.54) is 30.3 Å². The van der Waals surface area contributed by atoms with Crippen LogP contribution in [0.2, 0.25) is 0 Å². The third-order valence-electron chi connectivity index (χ3n) is 6.67. The smallest absolute Gasteiger partial charge is 0.449 e. The van der Waals surface area contributed by atoms with Crippen LogP contribution in [0.1, 0.15) is 32.9 Å². The number of fused-ring (bicyclic) bond motifs is 3. The highest BCUT2D eigenvalue weighted by molar-refractivity contribution is 6.21. The van der Waals surface area contributed by atoms with E-state index < -0.39 is 46.5 Å². The SMILES string of the molecule is O=C(CCN1C(=O)c2ccccc2C1=O)Oc1ccc2c(=O)c(Oc3ccc4ccccc4c3)c(C(F)(F)F)oc2c1. The zero-order valence-corrected chi connectivity index (χ0v) is 21.4. The van der Waals surface area contributed by atoms with Crippen LogP contribution < -0.4 is 14.9 Å². The molecule has 0 saturated carbocycles. The Morgan fingerprint density at radius 3 is 2.12 bits per heavy atom. The second-order valence-electron chi connectivity index (χ2n) is 9.39. The molecule has 2 amide bonds. The Morgan fingerprint density at radius 2 is 1.43 bits per heavy atom. The van der Waals surface area contributed by atoms with E-state index in [1.54, 1.807) is 30.3 Å². The van der Waals surface area contributed by atoms with E-state index in [4.69, 9.17) is 13.9 Å². The lowest BCUT2D eigenvalue weighted by Crippen LogP contribution is -2.32. The number of hydrogen-bond donors (Lipinski definition) is 0. The molecule has 42 heavy (non-hydrogen) atoms. The van der Waals surface area contributed by atoms with E-state index in [0.717, 1.165) is 22.4 Å². The predicted molar refractivity (Wildman–Crippen MR) is 144 cm³/mol. The number of alkyl halides is 3. The van der Waals surface area contributed by atoms with Crippen molar-refractivity contribution in [2.45, 2.75) is 12.6 Å². The van der Waals surface area contributed by atoms with Gasteiger partial charge in [0.25, 0.3) is 17.6 Å². The Morgan fingerprint density at radius 1 is 0.786 bits per heavy atom. The van der Waals surface area contributed by atoms with Crippen LogP contribution >= 0.6 is 0 Å². The summed E-state index contributed by atoms with van der Waals surface area (Å²) in [6, 6.07) is 21.3. The molecule has 6 rings (SSSR count). The molecule has 0 atom stereocenters. The summed E-state index contributed by atoms with van der Waals surface area (Å²) >= 11 is 0. The van der Waals surface area contributed by atoms with Gasteiger partial charge >= 0.3 is 12.1 Å². The minimum atomic E-state index is -5.08. The number of benzene rings is 4. The average Bonchev–Trinajstić information content (AvgIpc) is 3.21. The second-order valence-corrected chi connectivity index (χ2v) is 9.39. The highest BCUT2D eigenvalue weighted by Crippen LogP contribution is 2.39. The molecule has 5 aromatic rings. The molecule has 2 heterocycles. The van der Waals surface area contributed by atoms with Gasteiger partial charge < -0.3 is 13.9 Å². The van der Waals surface area contributed by atoms with Crippen molar-refractivity contribution in [1.82, 2.24) is 4.90 Å². The quantitative estimate of drug-likeness (QED) is 0.133. The van der Waals surface area contributed by atoms with E-state index in [0.29, 0.717) is 5.39 Å². The van der Waals surface area contributed by atoms with Gasteiger partial charge in [-0.15, -0.1) is 0 Å². The minimum Gasteiger partial charge on any atom is -0.449 e. The average molecular weight is 573 g/mol. The van der Waals surface area contributed by atoms with Gasteiger partial charge in [0.1, 0.15) is 17.1 Å². The van der Waals surface area contributed by atoms with Crippen molar-refractivity contribution in [3.8, 4) is 17.2 Å². The van der Waals surface area contributed by atoms with Crippen LogP contribution in [0.25, 0.3) is 21.7 Å². The summed E-state index contributed by atoms with van der Waals surface area (Å²) in [6.45, 7) is -0.262. The standard InChI is InChI=1S/C31H18F3NO7/c32-31(33,34)28-27(41-19-10-9-17-5-1-2-6-18(17)15-19)26(37)23-12-11-20(16-24(23)42-28)40-25(36)13-14-35-29(38)21-7-3-4-8-22(21)30(35)39/h1-12,15-16H,13-14H2. The third-order valence-corrected chi connectivity index (χ3v) is 6.67. The first-order chi connectivity index (χ1) is 20.1. The van der Waals surface area contributed by atoms with Crippen molar-refractivity contribution < 1.29 is 41.4 Å². The molecule has 0 radical (unpaired) electrons. The Balaban J connectivity index is 1.24. The molecule has 11 heteroatoms. The maximum Gasteiger partial charge on any atom is 0.453 e. The Labute approximate surface area is 234 Å². The minimum absolute atomic E-state index is 0.00876. The van der Waals surface area contributed by atoms with Crippen molar-refractivity contribution in [3.63, 3.8) is 0 Å². The first-order valence-corrected chi connectivity index (χ1v) is 12.6. The molecule has 0 bridgehead atoms. The summed E-state index contributed by atoms with van der Waals surface area (Å²) in [4.78, 5) is 51.5. The van der Waals surface area contributed by atoms with Gasteiger partial charge in [-0.25, -0.2) is 0 Å². The van der Waals surface area contributed by atoms with E-state index in [-0.39, 0.29) is 41.0 Å². The van der Waals surface area contributed by atoms with Gasteiger partial charge in [0.2, 0.25) is 11.2 Å². The molecule has 0 aliphatic carbocycles. The van der Waals surface area contributed by atoms with E-state index in [1.807, 2.05) is 12.1 Å².